The minimum atomic E-state index is -0.104. The third-order valence-electron chi connectivity index (χ3n) is 4.57. The summed E-state index contributed by atoms with van der Waals surface area (Å²) in [7, 11) is 3.17. The molecule has 0 spiro atoms. The van der Waals surface area contributed by atoms with E-state index in [4.69, 9.17) is 9.47 Å². The zero-order valence-electron chi connectivity index (χ0n) is 17.0. The Bertz CT molecular complexity index is 799. The Balaban J connectivity index is 1.96. The third kappa shape index (κ3) is 5.25. The molecular weight excluding hydrogens is 356 g/mol. The summed E-state index contributed by atoms with van der Waals surface area (Å²) in [5.41, 5.74) is 2.19. The van der Waals surface area contributed by atoms with Gasteiger partial charge < -0.3 is 19.7 Å². The van der Waals surface area contributed by atoms with Gasteiger partial charge in [0.05, 0.1) is 14.2 Å². The fourth-order valence-electron chi connectivity index (χ4n) is 3.01. The lowest BCUT2D eigenvalue weighted by molar-refractivity contribution is -0.116. The molecule has 0 heterocycles. The van der Waals surface area contributed by atoms with Crippen LogP contribution in [0.5, 0.6) is 11.5 Å². The van der Waals surface area contributed by atoms with Crippen molar-refractivity contribution in [1.29, 1.82) is 0 Å². The molecule has 150 valence electrons. The largest absolute Gasteiger partial charge is 0.493 e. The maximum Gasteiger partial charge on any atom is 0.253 e. The van der Waals surface area contributed by atoms with Crippen LogP contribution in [-0.2, 0) is 11.2 Å². The second-order valence-electron chi connectivity index (χ2n) is 6.26. The van der Waals surface area contributed by atoms with E-state index in [-0.39, 0.29) is 11.8 Å². The number of anilines is 1. The Labute approximate surface area is 166 Å². The summed E-state index contributed by atoms with van der Waals surface area (Å²) in [5.74, 6) is 1.19. The summed E-state index contributed by atoms with van der Waals surface area (Å²) in [6.07, 6.45) is 0.842. The minimum Gasteiger partial charge on any atom is -0.493 e. The molecule has 28 heavy (non-hydrogen) atoms. The SMILES string of the molecule is CCN(CC)C(=O)c1ccc(NC(=O)CCc2cccc(OC)c2OC)cc1. The number of amides is 2. The molecule has 6 nitrogen and oxygen atoms in total. The number of carbonyl (C=O) groups excluding carboxylic acids is 2. The molecule has 0 aromatic heterocycles. The summed E-state index contributed by atoms with van der Waals surface area (Å²) in [5, 5.41) is 2.87. The van der Waals surface area contributed by atoms with Crippen LogP contribution in [0.2, 0.25) is 0 Å². The van der Waals surface area contributed by atoms with Gasteiger partial charge in [0.2, 0.25) is 5.91 Å². The van der Waals surface area contributed by atoms with Gasteiger partial charge in [0, 0.05) is 30.8 Å². The first-order chi connectivity index (χ1) is 13.5. The molecule has 0 saturated heterocycles. The number of hydrogen-bond donors (Lipinski definition) is 1. The van der Waals surface area contributed by atoms with Crippen LogP contribution in [-0.4, -0.2) is 44.0 Å². The Morgan fingerprint density at radius 2 is 1.64 bits per heavy atom. The smallest absolute Gasteiger partial charge is 0.253 e. The van der Waals surface area contributed by atoms with Gasteiger partial charge in [0.25, 0.3) is 5.91 Å². The summed E-state index contributed by atoms with van der Waals surface area (Å²) < 4.78 is 10.7. The van der Waals surface area contributed by atoms with E-state index in [1.165, 1.54) is 0 Å². The molecule has 2 rings (SSSR count). The molecule has 2 aromatic rings. The Morgan fingerprint density at radius 3 is 2.21 bits per heavy atom. The number of methoxy groups -OCH3 is 2. The molecule has 6 heteroatoms. The van der Waals surface area contributed by atoms with Crippen molar-refractivity contribution in [2.45, 2.75) is 26.7 Å². The average Bonchev–Trinajstić information content (AvgIpc) is 2.73. The molecule has 2 amide bonds. The van der Waals surface area contributed by atoms with Gasteiger partial charge in [0.15, 0.2) is 11.5 Å². The number of ether oxygens (including phenoxy) is 2. The first-order valence-electron chi connectivity index (χ1n) is 9.43. The number of benzene rings is 2. The highest BCUT2D eigenvalue weighted by Gasteiger charge is 2.13. The highest BCUT2D eigenvalue weighted by Crippen LogP contribution is 2.31. The molecule has 0 fully saturated rings. The van der Waals surface area contributed by atoms with Crippen LogP contribution in [0.25, 0.3) is 0 Å². The summed E-state index contributed by atoms with van der Waals surface area (Å²) in [4.78, 5) is 26.4. The maximum atomic E-state index is 12.3. The van der Waals surface area contributed by atoms with Gasteiger partial charge in [-0.25, -0.2) is 0 Å². The standard InChI is InChI=1S/C22H28N2O4/c1-5-24(6-2)22(26)17-10-13-18(14-11-17)23-20(25)15-12-16-8-7-9-19(27-3)21(16)28-4/h7-11,13-14H,5-6,12,15H2,1-4H3,(H,23,25). The minimum absolute atomic E-state index is 0.00648. The van der Waals surface area contributed by atoms with Crippen molar-refractivity contribution in [2.24, 2.45) is 0 Å². The zero-order chi connectivity index (χ0) is 20.5. The molecule has 2 aromatic carbocycles. The van der Waals surface area contributed by atoms with Gasteiger partial charge in [-0.15, -0.1) is 0 Å². The van der Waals surface area contributed by atoms with Crippen LogP contribution in [0.1, 0.15) is 36.2 Å². The fourth-order valence-corrected chi connectivity index (χ4v) is 3.01. The molecule has 0 radical (unpaired) electrons. The zero-order valence-corrected chi connectivity index (χ0v) is 17.0. The monoisotopic (exact) mass is 384 g/mol. The molecule has 0 unspecified atom stereocenters. The van der Waals surface area contributed by atoms with Crippen molar-refractivity contribution in [3.8, 4) is 11.5 Å². The third-order valence-corrected chi connectivity index (χ3v) is 4.57. The van der Waals surface area contributed by atoms with Gasteiger partial charge in [-0.2, -0.15) is 0 Å². The van der Waals surface area contributed by atoms with E-state index >= 15 is 0 Å². The van der Waals surface area contributed by atoms with Crippen LogP contribution in [0.15, 0.2) is 42.5 Å². The first kappa shape index (κ1) is 21.3. The van der Waals surface area contributed by atoms with E-state index in [0.717, 1.165) is 5.56 Å². The maximum absolute atomic E-state index is 12.3. The lowest BCUT2D eigenvalue weighted by atomic mass is 10.1. The summed E-state index contributed by atoms with van der Waals surface area (Å²) in [6, 6.07) is 12.6. The Morgan fingerprint density at radius 1 is 0.964 bits per heavy atom. The van der Waals surface area contributed by atoms with Crippen molar-refractivity contribution >= 4 is 17.5 Å². The molecule has 0 aliphatic rings. The molecular formula is C22H28N2O4. The van der Waals surface area contributed by atoms with E-state index in [0.29, 0.717) is 48.7 Å². The van der Waals surface area contributed by atoms with Crippen LogP contribution in [0.3, 0.4) is 0 Å². The molecule has 0 saturated carbocycles. The number of para-hydroxylation sites is 1. The lowest BCUT2D eigenvalue weighted by Crippen LogP contribution is -2.30. The second-order valence-corrected chi connectivity index (χ2v) is 6.26. The van der Waals surface area contributed by atoms with E-state index < -0.39 is 0 Å². The normalized spacial score (nSPS) is 10.3. The second kappa shape index (κ2) is 10.3. The number of carbonyl (C=O) groups is 2. The van der Waals surface area contributed by atoms with Crippen LogP contribution < -0.4 is 14.8 Å². The van der Waals surface area contributed by atoms with Crippen LogP contribution >= 0.6 is 0 Å². The van der Waals surface area contributed by atoms with Gasteiger partial charge >= 0.3 is 0 Å². The van der Waals surface area contributed by atoms with Crippen molar-refractivity contribution in [3.05, 3.63) is 53.6 Å². The summed E-state index contributed by atoms with van der Waals surface area (Å²) >= 11 is 0. The highest BCUT2D eigenvalue weighted by atomic mass is 16.5. The number of aryl methyl sites for hydroxylation is 1. The van der Waals surface area contributed by atoms with Crippen molar-refractivity contribution < 1.29 is 19.1 Å². The fraction of sp³-hybridized carbons (Fsp3) is 0.364. The van der Waals surface area contributed by atoms with Gasteiger partial charge in [-0.1, -0.05) is 12.1 Å². The highest BCUT2D eigenvalue weighted by molar-refractivity contribution is 5.95. The Hall–Kier alpha value is -3.02. The van der Waals surface area contributed by atoms with Gasteiger partial charge in [-0.05, 0) is 56.2 Å². The van der Waals surface area contributed by atoms with Gasteiger partial charge in [0.1, 0.15) is 0 Å². The van der Waals surface area contributed by atoms with Gasteiger partial charge in [-0.3, -0.25) is 9.59 Å². The molecule has 0 aliphatic heterocycles. The first-order valence-corrected chi connectivity index (χ1v) is 9.43. The van der Waals surface area contributed by atoms with E-state index in [1.54, 1.807) is 43.4 Å². The molecule has 0 bridgehead atoms. The molecule has 1 N–H and O–H groups in total. The Kier molecular flexibility index (Phi) is 7.87. The van der Waals surface area contributed by atoms with E-state index in [9.17, 15) is 9.59 Å². The van der Waals surface area contributed by atoms with Crippen molar-refractivity contribution in [3.63, 3.8) is 0 Å². The van der Waals surface area contributed by atoms with Crippen molar-refractivity contribution in [1.82, 2.24) is 4.90 Å². The average molecular weight is 384 g/mol. The number of nitrogens with one attached hydrogen (secondary N) is 1. The number of rotatable bonds is 9. The summed E-state index contributed by atoms with van der Waals surface area (Å²) in [6.45, 7) is 5.24. The predicted octanol–water partition coefficient (Wildman–Crippen LogP) is 3.76. The molecule has 0 aliphatic carbocycles. The topological polar surface area (TPSA) is 67.9 Å². The molecule has 0 atom stereocenters. The van der Waals surface area contributed by atoms with E-state index in [2.05, 4.69) is 5.32 Å². The quantitative estimate of drug-likeness (QED) is 0.715. The van der Waals surface area contributed by atoms with Crippen LogP contribution in [0, 0.1) is 0 Å². The van der Waals surface area contributed by atoms with Crippen molar-refractivity contribution in [2.75, 3.05) is 32.6 Å². The van der Waals surface area contributed by atoms with Crippen LogP contribution in [0.4, 0.5) is 5.69 Å². The predicted molar refractivity (Wildman–Crippen MR) is 110 cm³/mol. The number of nitrogens with zero attached hydrogens (tertiary/aromatic N) is 1. The van der Waals surface area contributed by atoms with E-state index in [1.807, 2.05) is 32.0 Å². The number of hydrogen-bond acceptors (Lipinski definition) is 4. The lowest BCUT2D eigenvalue weighted by Gasteiger charge is -2.18.